The van der Waals surface area contributed by atoms with Crippen LogP contribution in [0.3, 0.4) is 0 Å². The van der Waals surface area contributed by atoms with Crippen molar-refractivity contribution in [1.82, 2.24) is 0 Å². The van der Waals surface area contributed by atoms with Crippen molar-refractivity contribution in [1.29, 1.82) is 0 Å². The van der Waals surface area contributed by atoms with Crippen LogP contribution in [0.5, 0.6) is 0 Å². The maximum Gasteiger partial charge on any atom is 0.303 e. The number of likely N-dealkylation sites (N-methyl/N-ethyl adjacent to an activating group) is 1. The molecule has 13 nitrogen and oxygen atoms in total. The normalized spacial score (nSPS) is 19.7. The Morgan fingerprint density at radius 2 is 1.70 bits per heavy atom. The molecule has 0 saturated heterocycles. The first-order valence-electron chi connectivity index (χ1n) is 15.9. The second kappa shape index (κ2) is 15.9. The summed E-state index contributed by atoms with van der Waals surface area (Å²) in [4.78, 5) is 13.6. The molecule has 2 aromatic rings. The maximum atomic E-state index is 11.9. The number of nitrogens with zero attached hydrogens (tertiary/aromatic N) is 2. The summed E-state index contributed by atoms with van der Waals surface area (Å²) in [5.74, 6) is -1.26. The third-order valence-corrected chi connectivity index (χ3v) is 11.5. The van der Waals surface area contributed by atoms with Crippen LogP contribution in [0.15, 0.2) is 82.3 Å². The van der Waals surface area contributed by atoms with Crippen LogP contribution in [0.2, 0.25) is 0 Å². The van der Waals surface area contributed by atoms with Crippen molar-refractivity contribution in [2.24, 2.45) is 0 Å². The summed E-state index contributed by atoms with van der Waals surface area (Å²) in [6.07, 6.45) is 12.6. The molecule has 4 rings (SSSR count). The highest BCUT2D eigenvalue weighted by atomic mass is 32.2. The molecule has 2 aromatic carbocycles. The Kier molecular flexibility index (Phi) is 12.5. The highest BCUT2D eigenvalue weighted by Gasteiger charge is 2.45. The second-order valence-electron chi connectivity index (χ2n) is 13.0. The predicted octanol–water partition coefficient (Wildman–Crippen LogP) is 6.45. The maximum absolute atomic E-state index is 11.9. The summed E-state index contributed by atoms with van der Waals surface area (Å²) in [5.41, 5.74) is 3.98. The molecule has 0 bridgehead atoms. The van der Waals surface area contributed by atoms with Crippen LogP contribution in [0, 0.1) is 0 Å². The molecule has 1 atom stereocenters. The minimum atomic E-state index is -4.46. The van der Waals surface area contributed by atoms with Gasteiger partial charge in [-0.15, -0.1) is 4.33 Å². The number of anilines is 1. The Morgan fingerprint density at radius 3 is 2.36 bits per heavy atom. The van der Waals surface area contributed by atoms with E-state index >= 15 is 0 Å². The van der Waals surface area contributed by atoms with Gasteiger partial charge in [-0.2, -0.15) is 21.4 Å². The van der Waals surface area contributed by atoms with Gasteiger partial charge in [0.15, 0.2) is 5.71 Å². The monoisotopic (exact) mass is 751 g/mol. The topological polar surface area (TPSA) is 191 Å². The summed E-state index contributed by atoms with van der Waals surface area (Å²) in [6, 6.07) is 10.1. The van der Waals surface area contributed by atoms with E-state index in [2.05, 4.69) is 21.2 Å². The molecule has 2 aliphatic rings. The Labute approximate surface area is 297 Å². The molecule has 50 heavy (non-hydrogen) atoms. The van der Waals surface area contributed by atoms with Crippen molar-refractivity contribution in [3.05, 3.63) is 83.6 Å². The molecule has 0 amide bonds. The van der Waals surface area contributed by atoms with Crippen molar-refractivity contribution in [2.45, 2.75) is 79.9 Å². The molecule has 272 valence electrons. The van der Waals surface area contributed by atoms with E-state index in [4.69, 9.17) is 10.4 Å². The number of allylic oxidation sites excluding steroid dienone is 6. The van der Waals surface area contributed by atoms with Gasteiger partial charge in [-0.05, 0) is 75.6 Å². The number of hydrogen-bond donors (Lipinski definition) is 4. The van der Waals surface area contributed by atoms with Crippen molar-refractivity contribution in [3.63, 3.8) is 0 Å². The quantitative estimate of drug-likeness (QED) is 0.0262. The number of aliphatic carboxylic acids is 1. The van der Waals surface area contributed by atoms with E-state index in [0.717, 1.165) is 58.9 Å². The number of hydrogen-bond acceptors (Lipinski definition) is 10. The van der Waals surface area contributed by atoms with Crippen LogP contribution >= 0.6 is 12.0 Å². The van der Waals surface area contributed by atoms with E-state index < -0.39 is 42.8 Å². The fourth-order valence-electron chi connectivity index (χ4n) is 6.80. The molecular weight excluding hydrogens is 709 g/mol. The molecule has 0 spiro atoms. The largest absolute Gasteiger partial charge is 0.481 e. The number of fused-ring (bicyclic) bond motifs is 2. The molecule has 1 unspecified atom stereocenters. The van der Waals surface area contributed by atoms with Crippen LogP contribution in [0.1, 0.15) is 70.4 Å². The molecular formula is C34H43N2O11S3+. The molecule has 0 radical (unpaired) electrons. The fraction of sp³-hybridized carbons (Fsp3) is 0.412. The lowest BCUT2D eigenvalue weighted by atomic mass is 9.77. The lowest BCUT2D eigenvalue weighted by Crippen LogP contribution is -2.28. The summed E-state index contributed by atoms with van der Waals surface area (Å²) >= 11 is 0.875. The van der Waals surface area contributed by atoms with Gasteiger partial charge in [0.2, 0.25) is 5.69 Å². The minimum Gasteiger partial charge on any atom is -0.481 e. The van der Waals surface area contributed by atoms with Gasteiger partial charge in [0.25, 0.3) is 20.2 Å². The van der Waals surface area contributed by atoms with Gasteiger partial charge in [-0.25, -0.2) is 5.26 Å². The first-order valence-corrected chi connectivity index (χ1v) is 19.7. The Morgan fingerprint density at radius 1 is 0.960 bits per heavy atom. The van der Waals surface area contributed by atoms with Gasteiger partial charge in [0.05, 0.1) is 28.1 Å². The van der Waals surface area contributed by atoms with Gasteiger partial charge in [-0.3, -0.25) is 13.9 Å². The summed E-state index contributed by atoms with van der Waals surface area (Å²) in [7, 11) is -6.67. The Bertz CT molecular complexity index is 1950. The van der Waals surface area contributed by atoms with E-state index in [1.54, 1.807) is 6.07 Å². The van der Waals surface area contributed by atoms with Gasteiger partial charge in [0.1, 0.15) is 6.54 Å². The standard InChI is InChI=1S/C34H42N2O11S3/c1-33(2)26-23-25(50(43,44)45)16-18-29(26)36(20-11-21-49(40,41)42)30(33)12-7-5-8-13-31-34(3,19-10-6-9-14-32(37)38)27-22-24(48-47-46-39)15-17-28(27)35(31)4/h5,7-8,12-13,15-18,22-23H,6,9-11,14,19-21H2,1-4H3,(H3-,37,38,39,40,41,42,43,44,45)/p+1. The molecule has 0 saturated carbocycles. The molecule has 2 aliphatic heterocycles. The zero-order valence-corrected chi connectivity index (χ0v) is 30.7. The van der Waals surface area contributed by atoms with Crippen LogP contribution in [-0.2, 0) is 45.2 Å². The van der Waals surface area contributed by atoms with Gasteiger partial charge in [0, 0.05) is 59.3 Å². The van der Waals surface area contributed by atoms with Gasteiger partial charge >= 0.3 is 5.97 Å². The molecule has 0 fully saturated rings. The minimum absolute atomic E-state index is 0.116. The number of carboxylic acids is 1. The van der Waals surface area contributed by atoms with Crippen molar-refractivity contribution >= 4 is 55.3 Å². The zero-order valence-electron chi connectivity index (χ0n) is 28.3. The Balaban J connectivity index is 1.66. The van der Waals surface area contributed by atoms with Crippen molar-refractivity contribution in [2.75, 3.05) is 24.2 Å². The van der Waals surface area contributed by atoms with Crippen molar-refractivity contribution < 1.29 is 55.0 Å². The molecule has 0 aromatic heterocycles. The zero-order chi connectivity index (χ0) is 36.9. The molecule has 0 aliphatic carbocycles. The molecule has 2 heterocycles. The summed E-state index contributed by atoms with van der Waals surface area (Å²) in [5, 5.41) is 21.5. The first-order chi connectivity index (χ1) is 23.4. The van der Waals surface area contributed by atoms with Gasteiger partial charge < -0.3 is 10.0 Å². The smallest absolute Gasteiger partial charge is 0.303 e. The van der Waals surface area contributed by atoms with E-state index in [1.165, 1.54) is 12.1 Å². The number of benzene rings is 2. The summed E-state index contributed by atoms with van der Waals surface area (Å²) < 4.78 is 72.3. The average Bonchev–Trinajstić information content (AvgIpc) is 3.36. The number of carboxylic acid groups (broad SMARTS) is 1. The Hall–Kier alpha value is -3.35. The number of rotatable bonds is 17. The number of unbranched alkanes of at least 4 members (excludes halogenated alkanes) is 2. The van der Waals surface area contributed by atoms with E-state index in [-0.39, 0.29) is 24.3 Å². The van der Waals surface area contributed by atoms with Crippen molar-refractivity contribution in [3.8, 4) is 0 Å². The van der Waals surface area contributed by atoms with Crippen LogP contribution < -0.4 is 4.90 Å². The third kappa shape index (κ3) is 9.11. The van der Waals surface area contributed by atoms with Gasteiger partial charge in [-0.1, -0.05) is 36.1 Å². The molecule has 16 heteroatoms. The summed E-state index contributed by atoms with van der Waals surface area (Å²) in [6.45, 7) is 6.19. The van der Waals surface area contributed by atoms with E-state index in [1.807, 2.05) is 74.0 Å². The second-order valence-corrected chi connectivity index (χ2v) is 16.8. The van der Waals surface area contributed by atoms with Crippen LogP contribution in [-0.4, -0.2) is 71.9 Å². The van der Waals surface area contributed by atoms with E-state index in [9.17, 15) is 30.7 Å². The van der Waals surface area contributed by atoms with Crippen LogP contribution in [0.25, 0.3) is 0 Å². The number of carbonyl (C=O) groups is 1. The first kappa shape index (κ1) is 39.4. The third-order valence-electron chi connectivity index (χ3n) is 9.25. The lowest BCUT2D eigenvalue weighted by Gasteiger charge is -2.29. The average molecular weight is 752 g/mol. The van der Waals surface area contributed by atoms with Crippen LogP contribution in [0.4, 0.5) is 11.4 Å². The highest BCUT2D eigenvalue weighted by Crippen LogP contribution is 2.51. The molecule has 4 N–H and O–H groups in total. The predicted molar refractivity (Wildman–Crippen MR) is 190 cm³/mol. The SMILES string of the molecule is CN1\C(=C/C=C/C=C/C2=[N+](CCCS(=O)(=O)O)c3ccc(S(=O)(=O)O)cc3C2(C)C)C(C)(CCCCCC(=O)O)c2cc(SOOO)ccc21. The van der Waals surface area contributed by atoms with E-state index in [0.29, 0.717) is 17.7 Å². The fourth-order valence-corrected chi connectivity index (χ4v) is 8.20. The lowest BCUT2D eigenvalue weighted by molar-refractivity contribution is -0.437. The highest BCUT2D eigenvalue weighted by molar-refractivity contribution is 7.94.